The Balaban J connectivity index is 1.41. The minimum atomic E-state index is -6.05. The van der Waals surface area contributed by atoms with E-state index in [1.54, 1.807) is 0 Å². The van der Waals surface area contributed by atoms with E-state index < -0.39 is 145 Å². The van der Waals surface area contributed by atoms with Crippen LogP contribution in [-0.2, 0) is 19.1 Å². The van der Waals surface area contributed by atoms with E-state index in [0.29, 0.717) is 35.7 Å². The predicted octanol–water partition coefficient (Wildman–Crippen LogP) is -2.25. The van der Waals surface area contributed by atoms with Crippen LogP contribution in [0.25, 0.3) is 0 Å². The van der Waals surface area contributed by atoms with Gasteiger partial charge in [-0.2, -0.15) is 26.3 Å². The monoisotopic (exact) mass is 780 g/mol. The van der Waals surface area contributed by atoms with Gasteiger partial charge in [0.25, 0.3) is 0 Å². The van der Waals surface area contributed by atoms with Crippen molar-refractivity contribution in [2.75, 3.05) is 0 Å². The molecule has 2 aliphatic heterocycles. The first-order valence-corrected chi connectivity index (χ1v) is 16.6. The van der Waals surface area contributed by atoms with Gasteiger partial charge in [0.1, 0.15) is 61.0 Å². The van der Waals surface area contributed by atoms with Crippen LogP contribution in [0.3, 0.4) is 0 Å². The number of rotatable bonds is 4. The quantitative estimate of drug-likeness (QED) is 0.107. The third-order valence-electron chi connectivity index (χ3n) is 10.4. The summed E-state index contributed by atoms with van der Waals surface area (Å²) in [6.45, 7) is 2.20. The molecule has 6 aliphatic rings. The lowest BCUT2D eigenvalue weighted by Gasteiger charge is -2.47. The average Bonchev–Trinajstić information content (AvgIpc) is 3.65. The molecule has 10 N–H and O–H groups in total. The number of fused-ring (bicyclic) bond motifs is 4. The lowest BCUT2D eigenvalue weighted by molar-refractivity contribution is -0.258. The highest BCUT2D eigenvalue weighted by molar-refractivity contribution is 8.10. The average molecular weight is 781 g/mol. The van der Waals surface area contributed by atoms with Gasteiger partial charge in [0.2, 0.25) is 0 Å². The highest BCUT2D eigenvalue weighted by Gasteiger charge is 2.84. The normalized spacial score (nSPS) is 46.5. The summed E-state index contributed by atoms with van der Waals surface area (Å²) in [6, 6.07) is 0. The summed E-state index contributed by atoms with van der Waals surface area (Å²) in [7, 11) is 0. The summed E-state index contributed by atoms with van der Waals surface area (Å²) < 4.78 is 98.1. The Hall–Kier alpha value is -2.22. The number of thioether (sulfide) groups is 2. The Bertz CT molecular complexity index is 1540. The second-order valence-electron chi connectivity index (χ2n) is 13.2. The van der Waals surface area contributed by atoms with Gasteiger partial charge >= 0.3 is 29.7 Å². The number of carbonyl (C=O) groups excluding carboxylic acids is 2. The zero-order chi connectivity index (χ0) is 38.3. The van der Waals surface area contributed by atoms with Crippen LogP contribution in [0, 0.1) is 0 Å². The van der Waals surface area contributed by atoms with Gasteiger partial charge in [-0.25, -0.2) is 9.59 Å². The molecule has 2 unspecified atom stereocenters. The van der Waals surface area contributed by atoms with Crippen LogP contribution in [0.1, 0.15) is 13.8 Å². The van der Waals surface area contributed by atoms with Gasteiger partial charge in [-0.05, 0) is 37.1 Å². The van der Waals surface area contributed by atoms with Crippen LogP contribution >= 0.6 is 23.5 Å². The van der Waals surface area contributed by atoms with Crippen LogP contribution in [0.5, 0.6) is 0 Å². The largest absolute Gasteiger partial charge is 0.453 e. The van der Waals surface area contributed by atoms with Crippen LogP contribution in [-0.4, -0.2) is 164 Å². The Labute approximate surface area is 290 Å². The number of ether oxygens (including phenoxy) is 2. The molecular weight excluding hydrogens is 750 g/mol. The highest BCUT2D eigenvalue weighted by Crippen LogP contribution is 2.74. The third-order valence-corrected chi connectivity index (χ3v) is 13.6. The molecule has 4 aliphatic carbocycles. The number of aliphatic hydroxyl groups excluding tert-OH is 10. The summed E-state index contributed by atoms with van der Waals surface area (Å²) in [6.07, 6.45) is -24.8. The van der Waals surface area contributed by atoms with Crippen molar-refractivity contribution in [3.63, 3.8) is 0 Å². The molecule has 0 amide bonds. The molecule has 2 heterocycles. The summed E-state index contributed by atoms with van der Waals surface area (Å²) in [5, 5.41) is 101. The number of aliphatic hydroxyl groups is 10. The van der Waals surface area contributed by atoms with E-state index in [4.69, 9.17) is 9.47 Å². The number of hydrogen-bond acceptors (Lipinski definition) is 16. The first-order valence-electron chi connectivity index (χ1n) is 15.0. The molecular formula is C29H30F6O14S2. The van der Waals surface area contributed by atoms with E-state index in [-0.39, 0.29) is 0 Å². The summed E-state index contributed by atoms with van der Waals surface area (Å²) in [5.74, 6) is -20.3. The summed E-state index contributed by atoms with van der Waals surface area (Å²) >= 11 is 0.656. The third kappa shape index (κ3) is 4.91. The minimum Gasteiger partial charge on any atom is -0.453 e. The molecule has 284 valence electrons. The molecule has 0 aromatic rings. The molecule has 0 radical (unpaired) electrons. The fourth-order valence-corrected chi connectivity index (χ4v) is 10.0. The van der Waals surface area contributed by atoms with Crippen molar-refractivity contribution < 1.29 is 96.5 Å². The molecule has 3 fully saturated rings. The maximum absolute atomic E-state index is 15.6. The van der Waals surface area contributed by atoms with E-state index in [0.717, 1.165) is 13.8 Å². The van der Waals surface area contributed by atoms with E-state index in [9.17, 15) is 60.7 Å². The van der Waals surface area contributed by atoms with E-state index >= 15 is 26.3 Å². The number of allylic oxidation sites excluding steroid dienone is 4. The van der Waals surface area contributed by atoms with Gasteiger partial charge in [-0.1, -0.05) is 0 Å². The fourth-order valence-electron chi connectivity index (χ4n) is 7.15. The first-order chi connectivity index (χ1) is 23.3. The molecule has 6 rings (SSSR count). The molecule has 14 nitrogen and oxygen atoms in total. The first kappa shape index (κ1) is 38.5. The Morgan fingerprint density at radius 1 is 0.529 bits per heavy atom. The van der Waals surface area contributed by atoms with Crippen molar-refractivity contribution in [3.8, 4) is 0 Å². The number of hydrogen-bond donors (Lipinski definition) is 10. The zero-order valence-corrected chi connectivity index (χ0v) is 27.4. The predicted molar refractivity (Wildman–Crippen MR) is 157 cm³/mol. The van der Waals surface area contributed by atoms with Gasteiger partial charge in [-0.15, -0.1) is 23.5 Å². The van der Waals surface area contributed by atoms with Gasteiger partial charge < -0.3 is 60.5 Å². The number of alkyl halides is 6. The van der Waals surface area contributed by atoms with Crippen molar-refractivity contribution in [3.05, 3.63) is 44.3 Å². The summed E-state index contributed by atoms with van der Waals surface area (Å²) in [5.41, 5.74) is -5.59. The highest BCUT2D eigenvalue weighted by atomic mass is 32.2. The van der Waals surface area contributed by atoms with Crippen molar-refractivity contribution in [2.24, 2.45) is 0 Å². The van der Waals surface area contributed by atoms with Crippen molar-refractivity contribution in [1.29, 1.82) is 0 Å². The Kier molecular flexibility index (Phi) is 8.98. The molecule has 22 heteroatoms. The maximum Gasteiger partial charge on any atom is 0.380 e. The van der Waals surface area contributed by atoms with Crippen LogP contribution in [0.4, 0.5) is 26.3 Å². The van der Waals surface area contributed by atoms with Gasteiger partial charge in [0.05, 0.1) is 19.3 Å². The smallest absolute Gasteiger partial charge is 0.380 e. The van der Waals surface area contributed by atoms with E-state index in [1.807, 2.05) is 0 Å². The molecule has 51 heavy (non-hydrogen) atoms. The van der Waals surface area contributed by atoms with Crippen molar-refractivity contribution >= 4 is 35.5 Å². The maximum atomic E-state index is 15.6. The molecule has 0 bridgehead atoms. The van der Waals surface area contributed by atoms with Crippen molar-refractivity contribution in [2.45, 2.75) is 114 Å². The second kappa shape index (κ2) is 11.9. The minimum absolute atomic E-state index is 0.328. The van der Waals surface area contributed by atoms with Crippen LogP contribution in [0.2, 0.25) is 0 Å². The fraction of sp³-hybridized carbons (Fsp3) is 0.655. The lowest BCUT2D eigenvalue weighted by Crippen LogP contribution is -2.64. The summed E-state index contributed by atoms with van der Waals surface area (Å²) in [4.78, 5) is 25.2. The van der Waals surface area contributed by atoms with Gasteiger partial charge in [-0.3, -0.25) is 0 Å². The van der Waals surface area contributed by atoms with E-state index in [1.165, 1.54) is 0 Å². The number of carbonyl (C=O) groups is 2. The molecule has 3 saturated carbocycles. The topological polar surface area (TPSA) is 255 Å². The molecule has 0 aromatic carbocycles. The number of halogens is 6. The second-order valence-corrected chi connectivity index (χ2v) is 16.2. The molecule has 0 aromatic heterocycles. The van der Waals surface area contributed by atoms with Crippen molar-refractivity contribution in [1.82, 2.24) is 0 Å². The standard InChI is InChI=1S/C29H30F6O14S2/c1-25-5(3-7(50-25)23(46)48-21-17(42)13(38)11(36)14(39)18(21)43)9-10(28(32,33)29(34,35)27(9,30)31)6-4-8(51-26(6,25)2)24(47)49-22-19(44)15(40)12(37)16(41)20(22)45/h3-4,11-22,36-45H,1-2H3/t11-,12-,13-,14+,15-,16+,17+,18-,19+,20-,21+,22+,25?,26?. The molecule has 14 atom stereocenters. The molecule has 0 spiro atoms. The Morgan fingerprint density at radius 2 is 0.784 bits per heavy atom. The van der Waals surface area contributed by atoms with Crippen LogP contribution < -0.4 is 0 Å². The zero-order valence-electron chi connectivity index (χ0n) is 25.8. The van der Waals surface area contributed by atoms with Gasteiger partial charge in [0, 0.05) is 11.1 Å². The van der Waals surface area contributed by atoms with Crippen LogP contribution in [0.15, 0.2) is 44.3 Å². The SMILES string of the molecule is CC12SC(C(=O)O[C@@H]3[C@H](O)[C@@H](O)[C@H](O)[C@@H](O)[C@@H]3O)=CC1=C1C(=C3C=C(C(=O)O[C@@H]4[C@H](O)[C@@H](O)[C@H](O)[C@@H](O)[C@@H]4O)SC32C)C(F)(F)C(F)(F)C1(F)F. The van der Waals surface area contributed by atoms with Gasteiger partial charge in [0.15, 0.2) is 12.2 Å². The van der Waals surface area contributed by atoms with E-state index in [2.05, 4.69) is 0 Å². The Morgan fingerprint density at radius 3 is 1.06 bits per heavy atom. The lowest BCUT2D eigenvalue weighted by atomic mass is 9.71. The molecule has 0 saturated heterocycles. The number of esters is 2.